The van der Waals surface area contributed by atoms with Gasteiger partial charge in [0.25, 0.3) is 0 Å². The van der Waals surface area contributed by atoms with Gasteiger partial charge in [-0.15, -0.1) is 0 Å². The maximum atomic E-state index is 12.8. The summed E-state index contributed by atoms with van der Waals surface area (Å²) in [4.78, 5) is 41.6. The van der Waals surface area contributed by atoms with E-state index in [-0.39, 0.29) is 29.7 Å². The summed E-state index contributed by atoms with van der Waals surface area (Å²) in [7, 11) is 0. The minimum atomic E-state index is -0.823. The first-order chi connectivity index (χ1) is 17.9. The third kappa shape index (κ3) is 8.16. The van der Waals surface area contributed by atoms with E-state index in [0.717, 1.165) is 88.9 Å². The van der Waals surface area contributed by atoms with E-state index in [1.807, 2.05) is 0 Å². The van der Waals surface area contributed by atoms with E-state index < -0.39 is 17.9 Å². The van der Waals surface area contributed by atoms with Gasteiger partial charge in [0, 0.05) is 12.1 Å². The van der Waals surface area contributed by atoms with Crippen molar-refractivity contribution in [3.8, 4) is 0 Å². The number of aliphatic carboxylic acids is 2. The number of carboxylic acids is 2. The summed E-state index contributed by atoms with van der Waals surface area (Å²) in [6.07, 6.45) is 17.2. The summed E-state index contributed by atoms with van der Waals surface area (Å²) in [5.74, 6) is -1.09. The molecule has 4 N–H and O–H groups in total. The summed E-state index contributed by atoms with van der Waals surface area (Å²) in [6, 6.07) is 0.561. The molecule has 4 unspecified atom stereocenters. The third-order valence-electron chi connectivity index (χ3n) is 9.90. The van der Waals surface area contributed by atoms with Crippen LogP contribution in [0.4, 0.5) is 0 Å². The Labute approximate surface area is 221 Å². The lowest BCUT2D eigenvalue weighted by molar-refractivity contribution is -0.149. The molecular weight excluding hydrogens is 472 g/mol. The SMILES string of the molecule is O=C(O)C1CCCCC1CONC1CCC(CC2CCC(NC(=O)C3CCCCC3C(=O)O)CC2)CC1. The highest BCUT2D eigenvalue weighted by Gasteiger charge is 2.37. The number of carboxylic acid groups (broad SMARTS) is 2. The fourth-order valence-corrected chi connectivity index (χ4v) is 7.58. The molecule has 8 nitrogen and oxygen atoms in total. The number of nitrogens with one attached hydrogen (secondary N) is 2. The van der Waals surface area contributed by atoms with Crippen LogP contribution < -0.4 is 10.8 Å². The second-order valence-corrected chi connectivity index (χ2v) is 12.4. The van der Waals surface area contributed by atoms with Crippen LogP contribution in [0.3, 0.4) is 0 Å². The molecule has 37 heavy (non-hydrogen) atoms. The van der Waals surface area contributed by atoms with Crippen LogP contribution in [0.25, 0.3) is 0 Å². The van der Waals surface area contributed by atoms with E-state index in [9.17, 15) is 24.6 Å². The van der Waals surface area contributed by atoms with Gasteiger partial charge in [-0.05, 0) is 101 Å². The number of hydrogen-bond donors (Lipinski definition) is 4. The number of hydroxylamine groups is 1. The van der Waals surface area contributed by atoms with Crippen molar-refractivity contribution < 1.29 is 29.4 Å². The second kappa shape index (κ2) is 13.9. The molecule has 4 atom stereocenters. The van der Waals surface area contributed by atoms with Crippen LogP contribution in [0.5, 0.6) is 0 Å². The van der Waals surface area contributed by atoms with Gasteiger partial charge in [-0.1, -0.05) is 25.7 Å². The normalized spacial score (nSPS) is 37.0. The molecule has 0 aromatic rings. The fourth-order valence-electron chi connectivity index (χ4n) is 7.58. The largest absolute Gasteiger partial charge is 0.481 e. The summed E-state index contributed by atoms with van der Waals surface area (Å²) < 4.78 is 0. The van der Waals surface area contributed by atoms with Crippen molar-refractivity contribution in [2.24, 2.45) is 35.5 Å². The van der Waals surface area contributed by atoms with Crippen LogP contribution in [0.1, 0.15) is 109 Å². The minimum Gasteiger partial charge on any atom is -0.481 e. The minimum absolute atomic E-state index is 0.0365. The van der Waals surface area contributed by atoms with Gasteiger partial charge < -0.3 is 20.4 Å². The molecule has 0 heterocycles. The molecule has 4 rings (SSSR count). The van der Waals surface area contributed by atoms with Crippen LogP contribution in [-0.4, -0.2) is 46.7 Å². The summed E-state index contributed by atoms with van der Waals surface area (Å²) in [5.41, 5.74) is 3.24. The van der Waals surface area contributed by atoms with Crippen LogP contribution in [-0.2, 0) is 19.2 Å². The highest BCUT2D eigenvalue weighted by Crippen LogP contribution is 2.36. The topological polar surface area (TPSA) is 125 Å². The van der Waals surface area contributed by atoms with Gasteiger partial charge in [-0.2, -0.15) is 5.48 Å². The Morgan fingerprint density at radius 1 is 0.622 bits per heavy atom. The molecule has 4 saturated carbocycles. The van der Waals surface area contributed by atoms with Crippen LogP contribution in [0.15, 0.2) is 0 Å². The van der Waals surface area contributed by atoms with Gasteiger partial charge in [0.15, 0.2) is 0 Å². The molecule has 4 aliphatic carbocycles. The Morgan fingerprint density at radius 3 is 1.73 bits per heavy atom. The molecule has 1 amide bonds. The van der Waals surface area contributed by atoms with Gasteiger partial charge in [0.1, 0.15) is 0 Å². The van der Waals surface area contributed by atoms with Crippen molar-refractivity contribution >= 4 is 17.8 Å². The van der Waals surface area contributed by atoms with E-state index >= 15 is 0 Å². The maximum absolute atomic E-state index is 12.8. The fraction of sp³-hybridized carbons (Fsp3) is 0.897. The average Bonchev–Trinajstić information content (AvgIpc) is 2.91. The molecule has 0 spiro atoms. The Kier molecular flexibility index (Phi) is 10.7. The average molecular weight is 521 g/mol. The molecule has 0 bridgehead atoms. The maximum Gasteiger partial charge on any atom is 0.307 e. The zero-order chi connectivity index (χ0) is 26.2. The first kappa shape index (κ1) is 28.3. The molecule has 0 aromatic carbocycles. The van der Waals surface area contributed by atoms with Gasteiger partial charge in [0.2, 0.25) is 5.91 Å². The Balaban J connectivity index is 1.09. The Morgan fingerprint density at radius 2 is 1.14 bits per heavy atom. The zero-order valence-corrected chi connectivity index (χ0v) is 22.4. The Hall–Kier alpha value is -1.67. The molecule has 0 aromatic heterocycles. The quantitative estimate of drug-likeness (QED) is 0.302. The lowest BCUT2D eigenvalue weighted by Crippen LogP contribution is -2.45. The van der Waals surface area contributed by atoms with E-state index in [4.69, 9.17) is 4.84 Å². The van der Waals surface area contributed by atoms with Crippen molar-refractivity contribution in [3.63, 3.8) is 0 Å². The highest BCUT2D eigenvalue weighted by molar-refractivity contribution is 5.85. The van der Waals surface area contributed by atoms with E-state index in [2.05, 4.69) is 10.8 Å². The van der Waals surface area contributed by atoms with Crippen molar-refractivity contribution in [3.05, 3.63) is 0 Å². The predicted octanol–water partition coefficient (Wildman–Crippen LogP) is 4.91. The smallest absolute Gasteiger partial charge is 0.307 e. The number of amides is 1. The van der Waals surface area contributed by atoms with Gasteiger partial charge in [-0.3, -0.25) is 14.4 Å². The van der Waals surface area contributed by atoms with Crippen molar-refractivity contribution in [2.45, 2.75) is 121 Å². The van der Waals surface area contributed by atoms with Crippen LogP contribution >= 0.6 is 0 Å². The molecule has 8 heteroatoms. The molecule has 0 radical (unpaired) electrons. The number of carbonyl (C=O) groups is 3. The molecule has 210 valence electrons. The van der Waals surface area contributed by atoms with Crippen molar-refractivity contribution in [2.75, 3.05) is 6.61 Å². The van der Waals surface area contributed by atoms with E-state index in [0.29, 0.717) is 25.5 Å². The standard InChI is InChI=1S/C29H48N2O6/c32-27(25-7-3-4-8-26(25)29(35)36)30-22-13-9-19(10-14-22)17-20-11-15-23(16-12-20)31-37-18-21-5-1-2-6-24(21)28(33)34/h19-26,31H,1-18H2,(H,30,32)(H,33,34)(H,35,36). The predicted molar refractivity (Wildman–Crippen MR) is 140 cm³/mol. The Bertz CT molecular complexity index is 759. The zero-order valence-electron chi connectivity index (χ0n) is 22.4. The van der Waals surface area contributed by atoms with Crippen LogP contribution in [0, 0.1) is 35.5 Å². The van der Waals surface area contributed by atoms with Gasteiger partial charge in [-0.25, -0.2) is 0 Å². The molecule has 4 aliphatic rings. The molecular formula is C29H48N2O6. The van der Waals surface area contributed by atoms with E-state index in [1.165, 1.54) is 19.3 Å². The number of hydrogen-bond acceptors (Lipinski definition) is 5. The summed E-state index contributed by atoms with van der Waals surface area (Å²) >= 11 is 0. The lowest BCUT2D eigenvalue weighted by atomic mass is 9.75. The summed E-state index contributed by atoms with van der Waals surface area (Å²) in [5, 5.41) is 22.1. The first-order valence-electron chi connectivity index (χ1n) is 15.0. The number of rotatable bonds is 10. The highest BCUT2D eigenvalue weighted by atomic mass is 16.6. The van der Waals surface area contributed by atoms with Crippen molar-refractivity contribution in [1.82, 2.24) is 10.8 Å². The third-order valence-corrected chi connectivity index (χ3v) is 9.90. The van der Waals surface area contributed by atoms with E-state index in [1.54, 1.807) is 0 Å². The van der Waals surface area contributed by atoms with Crippen LogP contribution in [0.2, 0.25) is 0 Å². The van der Waals surface area contributed by atoms with Gasteiger partial charge in [0.05, 0.1) is 24.4 Å². The summed E-state index contributed by atoms with van der Waals surface area (Å²) in [6.45, 7) is 0.494. The monoisotopic (exact) mass is 520 g/mol. The second-order valence-electron chi connectivity index (χ2n) is 12.4. The molecule has 0 saturated heterocycles. The van der Waals surface area contributed by atoms with Gasteiger partial charge >= 0.3 is 11.9 Å². The first-order valence-corrected chi connectivity index (χ1v) is 15.0. The molecule has 4 fully saturated rings. The van der Waals surface area contributed by atoms with Crippen molar-refractivity contribution in [1.29, 1.82) is 0 Å². The lowest BCUT2D eigenvalue weighted by Gasteiger charge is -2.35. The molecule has 0 aliphatic heterocycles. The number of carbonyl (C=O) groups excluding carboxylic acids is 1.